The number of carbonyl (C=O) groups is 1. The van der Waals surface area contributed by atoms with Crippen LogP contribution in [0.4, 0.5) is 0 Å². The van der Waals surface area contributed by atoms with Crippen molar-refractivity contribution in [1.29, 1.82) is 0 Å². The molecule has 21 heavy (non-hydrogen) atoms. The molecule has 0 N–H and O–H groups in total. The highest BCUT2D eigenvalue weighted by Gasteiger charge is 2.16. The lowest BCUT2D eigenvalue weighted by Gasteiger charge is -2.14. The van der Waals surface area contributed by atoms with Gasteiger partial charge in [0.25, 0.3) is 5.91 Å². The molecule has 0 fully saturated rings. The van der Waals surface area contributed by atoms with Gasteiger partial charge in [-0.2, -0.15) is 4.98 Å². The summed E-state index contributed by atoms with van der Waals surface area (Å²) in [5.41, 5.74) is 0.637. The van der Waals surface area contributed by atoms with Crippen molar-refractivity contribution in [3.8, 4) is 10.7 Å². The van der Waals surface area contributed by atoms with Gasteiger partial charge < -0.3 is 9.42 Å². The quantitative estimate of drug-likeness (QED) is 0.743. The van der Waals surface area contributed by atoms with E-state index >= 15 is 0 Å². The minimum Gasteiger partial charge on any atom is -0.337 e. The molecule has 0 bridgehead atoms. The first-order valence-electron chi connectivity index (χ1n) is 6.41. The summed E-state index contributed by atoms with van der Waals surface area (Å²) in [5.74, 6) is 0.900. The van der Waals surface area contributed by atoms with Gasteiger partial charge in [0, 0.05) is 12.6 Å². The van der Waals surface area contributed by atoms with Crippen molar-refractivity contribution < 1.29 is 9.32 Å². The van der Waals surface area contributed by atoms with Crippen LogP contribution in [0, 0.1) is 0 Å². The van der Waals surface area contributed by atoms with Crippen LogP contribution in [0.15, 0.2) is 52.4 Å². The van der Waals surface area contributed by atoms with Crippen LogP contribution in [-0.4, -0.2) is 28.0 Å². The Morgan fingerprint density at radius 3 is 2.76 bits per heavy atom. The minimum atomic E-state index is -0.0773. The summed E-state index contributed by atoms with van der Waals surface area (Å²) in [6.07, 6.45) is 0. The van der Waals surface area contributed by atoms with Gasteiger partial charge >= 0.3 is 0 Å². The number of aromatic nitrogens is 2. The Morgan fingerprint density at radius 1 is 1.24 bits per heavy atom. The van der Waals surface area contributed by atoms with Crippen LogP contribution in [0.3, 0.4) is 0 Å². The predicted molar refractivity (Wildman–Crippen MR) is 79.9 cm³/mol. The molecule has 106 valence electrons. The number of carbonyl (C=O) groups excluding carboxylic acids is 1. The summed E-state index contributed by atoms with van der Waals surface area (Å²) in [5, 5.41) is 5.88. The fourth-order valence-corrected chi connectivity index (χ4v) is 2.55. The Bertz CT molecular complexity index is 722. The molecule has 0 saturated heterocycles. The van der Waals surface area contributed by atoms with E-state index in [1.165, 1.54) is 0 Å². The lowest BCUT2D eigenvalue weighted by atomic mass is 10.2. The number of thiophene rings is 1. The largest absolute Gasteiger partial charge is 0.337 e. The van der Waals surface area contributed by atoms with Gasteiger partial charge in [0.05, 0.1) is 11.4 Å². The zero-order chi connectivity index (χ0) is 14.7. The van der Waals surface area contributed by atoms with Crippen molar-refractivity contribution in [1.82, 2.24) is 15.0 Å². The van der Waals surface area contributed by atoms with E-state index in [0.717, 1.165) is 4.88 Å². The van der Waals surface area contributed by atoms with Crippen molar-refractivity contribution in [3.63, 3.8) is 0 Å². The van der Waals surface area contributed by atoms with E-state index in [1.807, 2.05) is 35.7 Å². The Kier molecular flexibility index (Phi) is 3.79. The van der Waals surface area contributed by atoms with Crippen LogP contribution in [0.5, 0.6) is 0 Å². The fourth-order valence-electron chi connectivity index (χ4n) is 1.90. The lowest BCUT2D eigenvalue weighted by molar-refractivity contribution is 0.0769. The van der Waals surface area contributed by atoms with Crippen molar-refractivity contribution >= 4 is 17.2 Å². The van der Waals surface area contributed by atoms with Gasteiger partial charge in [0.1, 0.15) is 0 Å². The highest BCUT2D eigenvalue weighted by molar-refractivity contribution is 7.13. The molecule has 0 spiro atoms. The van der Waals surface area contributed by atoms with E-state index in [0.29, 0.717) is 17.3 Å². The highest BCUT2D eigenvalue weighted by Crippen LogP contribution is 2.21. The zero-order valence-electron chi connectivity index (χ0n) is 11.4. The SMILES string of the molecule is CN(Cc1nc(-c2cccs2)no1)C(=O)c1ccccc1. The number of nitrogens with zero attached hydrogens (tertiary/aromatic N) is 3. The Hall–Kier alpha value is -2.47. The summed E-state index contributed by atoms with van der Waals surface area (Å²) in [6.45, 7) is 0.284. The number of amides is 1. The van der Waals surface area contributed by atoms with E-state index in [9.17, 15) is 4.79 Å². The summed E-state index contributed by atoms with van der Waals surface area (Å²) in [7, 11) is 1.71. The van der Waals surface area contributed by atoms with Crippen LogP contribution >= 0.6 is 11.3 Å². The average molecular weight is 299 g/mol. The van der Waals surface area contributed by atoms with Gasteiger partial charge in [0.15, 0.2) is 0 Å². The van der Waals surface area contributed by atoms with Gasteiger partial charge in [0.2, 0.25) is 11.7 Å². The third kappa shape index (κ3) is 3.00. The van der Waals surface area contributed by atoms with Crippen LogP contribution in [-0.2, 0) is 6.54 Å². The number of hydrogen-bond acceptors (Lipinski definition) is 5. The maximum Gasteiger partial charge on any atom is 0.254 e. The fraction of sp³-hybridized carbons (Fsp3) is 0.133. The van der Waals surface area contributed by atoms with E-state index in [-0.39, 0.29) is 12.5 Å². The molecule has 0 aliphatic carbocycles. The van der Waals surface area contributed by atoms with Crippen LogP contribution in [0.2, 0.25) is 0 Å². The van der Waals surface area contributed by atoms with Gasteiger partial charge in [-0.05, 0) is 23.6 Å². The van der Waals surface area contributed by atoms with E-state index in [1.54, 1.807) is 35.4 Å². The second kappa shape index (κ2) is 5.88. The predicted octanol–water partition coefficient (Wildman–Crippen LogP) is 3.07. The molecule has 0 saturated carbocycles. The molecular formula is C15H13N3O2S. The molecule has 0 aliphatic rings. The third-order valence-corrected chi connectivity index (χ3v) is 3.82. The Labute approximate surface area is 125 Å². The molecule has 0 radical (unpaired) electrons. The van der Waals surface area contributed by atoms with Crippen LogP contribution in [0.25, 0.3) is 10.7 Å². The summed E-state index contributed by atoms with van der Waals surface area (Å²) >= 11 is 1.55. The smallest absolute Gasteiger partial charge is 0.254 e. The number of hydrogen-bond donors (Lipinski definition) is 0. The van der Waals surface area contributed by atoms with Crippen molar-refractivity contribution in [3.05, 3.63) is 59.3 Å². The normalized spacial score (nSPS) is 10.5. The zero-order valence-corrected chi connectivity index (χ0v) is 12.2. The highest BCUT2D eigenvalue weighted by atomic mass is 32.1. The Morgan fingerprint density at radius 2 is 2.05 bits per heavy atom. The molecular weight excluding hydrogens is 286 g/mol. The monoisotopic (exact) mass is 299 g/mol. The molecule has 5 nitrogen and oxygen atoms in total. The number of benzene rings is 1. The topological polar surface area (TPSA) is 59.2 Å². The van der Waals surface area contributed by atoms with Gasteiger partial charge in [-0.1, -0.05) is 29.4 Å². The molecule has 0 unspecified atom stereocenters. The molecule has 3 aromatic rings. The first-order valence-corrected chi connectivity index (χ1v) is 7.29. The Balaban J connectivity index is 1.71. The maximum atomic E-state index is 12.2. The maximum absolute atomic E-state index is 12.2. The van der Waals surface area contributed by atoms with Crippen molar-refractivity contribution in [2.75, 3.05) is 7.05 Å². The van der Waals surface area contributed by atoms with Crippen LogP contribution in [0.1, 0.15) is 16.2 Å². The van der Waals surface area contributed by atoms with E-state index in [2.05, 4.69) is 10.1 Å². The van der Waals surface area contributed by atoms with Crippen LogP contribution < -0.4 is 0 Å². The molecule has 1 amide bonds. The molecule has 2 heterocycles. The van der Waals surface area contributed by atoms with Crippen molar-refractivity contribution in [2.24, 2.45) is 0 Å². The molecule has 3 rings (SSSR count). The lowest BCUT2D eigenvalue weighted by Crippen LogP contribution is -2.26. The second-order valence-corrected chi connectivity index (χ2v) is 5.46. The first-order chi connectivity index (χ1) is 10.2. The molecule has 0 aliphatic heterocycles. The van der Waals surface area contributed by atoms with Gasteiger partial charge in [-0.15, -0.1) is 11.3 Å². The minimum absolute atomic E-state index is 0.0773. The third-order valence-electron chi connectivity index (χ3n) is 2.95. The molecule has 2 aromatic heterocycles. The number of rotatable bonds is 4. The summed E-state index contributed by atoms with van der Waals surface area (Å²) < 4.78 is 5.20. The molecule has 6 heteroatoms. The second-order valence-electron chi connectivity index (χ2n) is 4.52. The summed E-state index contributed by atoms with van der Waals surface area (Å²) in [6, 6.07) is 13.0. The van der Waals surface area contributed by atoms with E-state index < -0.39 is 0 Å². The average Bonchev–Trinajstić information content (AvgIpc) is 3.18. The first kappa shape index (κ1) is 13.5. The summed E-state index contributed by atoms with van der Waals surface area (Å²) in [4.78, 5) is 19.0. The standard InChI is InChI=1S/C15H13N3O2S/c1-18(15(19)11-6-3-2-4-7-11)10-13-16-14(17-20-13)12-8-5-9-21-12/h2-9H,10H2,1H3. The molecule has 0 atom stereocenters. The van der Waals surface area contributed by atoms with Crippen molar-refractivity contribution in [2.45, 2.75) is 6.54 Å². The molecule has 1 aromatic carbocycles. The van der Waals surface area contributed by atoms with E-state index in [4.69, 9.17) is 4.52 Å². The van der Waals surface area contributed by atoms with Gasteiger partial charge in [-0.3, -0.25) is 4.79 Å². The van der Waals surface area contributed by atoms with Gasteiger partial charge in [-0.25, -0.2) is 0 Å².